The van der Waals surface area contributed by atoms with Crippen LogP contribution in [0.15, 0.2) is 231 Å². The molecule has 0 unspecified atom stereocenters. The highest BCUT2D eigenvalue weighted by molar-refractivity contribution is 6.13. The maximum atomic E-state index is 15.3. The summed E-state index contributed by atoms with van der Waals surface area (Å²) in [6, 6.07) is 67.2. The third-order valence-electron chi connectivity index (χ3n) is 14.1. The van der Waals surface area contributed by atoms with Gasteiger partial charge in [0.15, 0.2) is 0 Å². The summed E-state index contributed by atoms with van der Waals surface area (Å²) in [6.07, 6.45) is -3.87. The summed E-state index contributed by atoms with van der Waals surface area (Å²) in [5.41, 5.74) is 9.48. The van der Waals surface area contributed by atoms with Gasteiger partial charge >= 0.3 is 12.4 Å². The maximum Gasteiger partial charge on any atom is 0.418 e. The molecule has 0 amide bonds. The smallest absolute Gasteiger partial charge is 0.337 e. The van der Waals surface area contributed by atoms with E-state index in [2.05, 4.69) is 95.9 Å². The zero-order valence-corrected chi connectivity index (χ0v) is 38.0. The fraction of sp³-hybridized carbons (Fsp3) is 0.0794. The van der Waals surface area contributed by atoms with Gasteiger partial charge in [0.1, 0.15) is 0 Å². The van der Waals surface area contributed by atoms with Crippen LogP contribution in [0.2, 0.25) is 0 Å². The molecule has 0 aliphatic heterocycles. The van der Waals surface area contributed by atoms with Crippen molar-refractivity contribution in [3.8, 4) is 22.3 Å². The summed E-state index contributed by atoms with van der Waals surface area (Å²) >= 11 is 0. The third-order valence-corrected chi connectivity index (χ3v) is 14.1. The number of fused-ring (bicyclic) bond motifs is 14. The summed E-state index contributed by atoms with van der Waals surface area (Å²) in [5.74, 6) is 0. The molecule has 1 spiro atoms. The zero-order chi connectivity index (χ0) is 48.5. The Labute approximate surface area is 406 Å². The van der Waals surface area contributed by atoms with Gasteiger partial charge in [-0.1, -0.05) is 188 Å². The van der Waals surface area contributed by atoms with Crippen molar-refractivity contribution in [2.75, 3.05) is 16.3 Å². The Morgan fingerprint density at radius 1 is 0.408 bits per heavy atom. The number of anilines is 5. The first-order chi connectivity index (χ1) is 34.5. The number of nitrogens with zero attached hydrogens (tertiary/aromatic N) is 2. The van der Waals surface area contributed by atoms with E-state index in [0.717, 1.165) is 100 Å². The summed E-state index contributed by atoms with van der Waals surface area (Å²) in [7, 11) is 0. The van der Waals surface area contributed by atoms with Crippen LogP contribution in [0.4, 0.5) is 54.8 Å². The number of halogens is 6. The van der Waals surface area contributed by atoms with Gasteiger partial charge in [-0.25, -0.2) is 0 Å². The summed E-state index contributed by atoms with van der Waals surface area (Å²) in [5, 5.41) is 5.68. The lowest BCUT2D eigenvalue weighted by molar-refractivity contribution is -0.137. The minimum Gasteiger partial charge on any atom is -0.337 e. The van der Waals surface area contributed by atoms with Crippen LogP contribution in [0.25, 0.3) is 54.6 Å². The first kappa shape index (κ1) is 43.9. The number of rotatable bonds is 9. The average Bonchev–Trinajstić information content (AvgIpc) is 3.85. The maximum absolute atomic E-state index is 15.3. The van der Waals surface area contributed by atoms with Crippen LogP contribution < -0.4 is 9.80 Å². The lowest BCUT2D eigenvalue weighted by Crippen LogP contribution is -2.27. The lowest BCUT2D eigenvalue weighted by Gasteiger charge is -2.34. The number of benzene rings is 10. The van der Waals surface area contributed by atoms with Gasteiger partial charge < -0.3 is 9.80 Å². The molecule has 0 saturated carbocycles. The van der Waals surface area contributed by atoms with Crippen LogP contribution in [-0.2, 0) is 11.6 Å². The molecule has 8 heteroatoms. The van der Waals surface area contributed by atoms with Crippen molar-refractivity contribution in [3.63, 3.8) is 0 Å². The van der Waals surface area contributed by atoms with E-state index in [1.807, 2.05) is 97.1 Å². The molecule has 10 aromatic rings. The van der Waals surface area contributed by atoms with E-state index in [-0.39, 0.29) is 5.69 Å². The van der Waals surface area contributed by atoms with Crippen LogP contribution in [0.5, 0.6) is 0 Å². The first-order valence-corrected chi connectivity index (χ1v) is 23.5. The normalized spacial score (nSPS) is 13.6. The highest BCUT2D eigenvalue weighted by Gasteiger charge is 2.53. The highest BCUT2D eigenvalue weighted by atomic mass is 19.4. The monoisotopic (exact) mass is 940 g/mol. The molecule has 0 atom stereocenters. The van der Waals surface area contributed by atoms with Gasteiger partial charge in [0.2, 0.25) is 0 Å². The number of allylic oxidation sites excluding steroid dienone is 3. The topological polar surface area (TPSA) is 6.48 Å². The fourth-order valence-corrected chi connectivity index (χ4v) is 11.3. The van der Waals surface area contributed by atoms with Gasteiger partial charge in [-0.15, -0.1) is 0 Å². The third kappa shape index (κ3) is 7.19. The number of hydrogen-bond donors (Lipinski definition) is 0. The van der Waals surface area contributed by atoms with Gasteiger partial charge in [0.25, 0.3) is 0 Å². The summed E-state index contributed by atoms with van der Waals surface area (Å²) in [4.78, 5) is 4.00. The lowest BCUT2D eigenvalue weighted by atomic mass is 9.70. The Morgan fingerprint density at radius 3 is 1.62 bits per heavy atom. The predicted octanol–water partition coefficient (Wildman–Crippen LogP) is 18.2. The first-order valence-electron chi connectivity index (χ1n) is 23.5. The number of alkyl halides is 6. The summed E-state index contributed by atoms with van der Waals surface area (Å²) in [6.45, 7) is 0.322. The van der Waals surface area contributed by atoms with Crippen molar-refractivity contribution in [1.82, 2.24) is 0 Å². The van der Waals surface area contributed by atoms with Crippen molar-refractivity contribution >= 4 is 60.8 Å². The molecule has 2 nitrogen and oxygen atoms in total. The molecule has 0 heterocycles. The Balaban J connectivity index is 1.16. The van der Waals surface area contributed by atoms with Crippen LogP contribution in [0.3, 0.4) is 0 Å². The molecule has 12 rings (SSSR count). The SMILES string of the molecule is FC(F)(F)C/C=C\C=C/CN(c1cccc2ccccc12)c1cc2c(c3ccccc13)-c1ccc(N(c3ccccc3C(F)(F)F)c3cccc4ccccc34)cc1C21c2ccccc2-c2ccccc21. The van der Waals surface area contributed by atoms with E-state index in [0.29, 0.717) is 17.9 Å². The second kappa shape index (κ2) is 16.9. The van der Waals surface area contributed by atoms with Crippen molar-refractivity contribution in [1.29, 1.82) is 0 Å². The quantitative estimate of drug-likeness (QED) is 0.105. The Kier molecular flexibility index (Phi) is 10.5. The van der Waals surface area contributed by atoms with Gasteiger partial charge in [-0.05, 0) is 103 Å². The Bertz CT molecular complexity index is 3730. The van der Waals surface area contributed by atoms with Crippen LogP contribution >= 0.6 is 0 Å². The largest absolute Gasteiger partial charge is 0.418 e. The second-order valence-electron chi connectivity index (χ2n) is 18.1. The van der Waals surface area contributed by atoms with Crippen molar-refractivity contribution in [2.24, 2.45) is 0 Å². The molecule has 0 aromatic heterocycles. The second-order valence-corrected chi connectivity index (χ2v) is 18.1. The molecule has 71 heavy (non-hydrogen) atoms. The van der Waals surface area contributed by atoms with E-state index >= 15 is 13.2 Å². The van der Waals surface area contributed by atoms with Gasteiger partial charge in [0.05, 0.1) is 28.8 Å². The van der Waals surface area contributed by atoms with E-state index in [1.165, 1.54) is 12.1 Å². The van der Waals surface area contributed by atoms with Crippen molar-refractivity contribution < 1.29 is 26.3 Å². The molecular formula is C63H42F6N2. The van der Waals surface area contributed by atoms with Crippen LogP contribution in [0, 0.1) is 0 Å². The van der Waals surface area contributed by atoms with Crippen molar-refractivity contribution in [3.05, 3.63) is 258 Å². The van der Waals surface area contributed by atoms with Gasteiger partial charge in [0, 0.05) is 39.8 Å². The molecule has 0 fully saturated rings. The van der Waals surface area contributed by atoms with Crippen molar-refractivity contribution in [2.45, 2.75) is 24.2 Å². The molecule has 10 aromatic carbocycles. The molecule has 0 N–H and O–H groups in total. The molecule has 0 radical (unpaired) electrons. The molecule has 2 aliphatic rings. The van der Waals surface area contributed by atoms with E-state index in [4.69, 9.17) is 0 Å². The Morgan fingerprint density at radius 2 is 0.944 bits per heavy atom. The number of hydrogen-bond acceptors (Lipinski definition) is 2. The average molecular weight is 941 g/mol. The van der Waals surface area contributed by atoms with E-state index < -0.39 is 29.8 Å². The fourth-order valence-electron chi connectivity index (χ4n) is 11.3. The molecule has 2 aliphatic carbocycles. The summed E-state index contributed by atoms with van der Waals surface area (Å²) < 4.78 is 85.3. The van der Waals surface area contributed by atoms with Gasteiger partial charge in [-0.2, -0.15) is 26.3 Å². The molecular weight excluding hydrogens is 899 g/mol. The van der Waals surface area contributed by atoms with Crippen LogP contribution in [-0.4, -0.2) is 12.7 Å². The molecule has 346 valence electrons. The minimum atomic E-state index is -4.66. The predicted molar refractivity (Wildman–Crippen MR) is 277 cm³/mol. The highest BCUT2D eigenvalue weighted by Crippen LogP contribution is 2.65. The van der Waals surface area contributed by atoms with E-state index in [1.54, 1.807) is 23.1 Å². The zero-order valence-electron chi connectivity index (χ0n) is 38.0. The van der Waals surface area contributed by atoms with Crippen LogP contribution in [0.1, 0.15) is 34.2 Å². The molecule has 0 bridgehead atoms. The van der Waals surface area contributed by atoms with Gasteiger partial charge in [-0.3, -0.25) is 0 Å². The minimum absolute atomic E-state index is 0.00728. The number of para-hydroxylation sites is 1. The standard InChI is InChI=1S/C63H42F6N2/c64-61(65,66)37-15-1-2-16-38-70(56-33-17-21-41-19-3-5-23-44(41)56)59-40-55-60(49-28-8-7-27-48(49)59)50-36-35-43(39-54(50)62(55)51-29-11-9-25-46(51)47-26-10-12-30-52(47)62)71(58-32-14-13-31-53(58)63(67,68)69)57-34-18-22-42-20-4-6-24-45(42)57/h1-36,39-40H,37-38H2/b15-1-,16-2-. The van der Waals surface area contributed by atoms with E-state index in [9.17, 15) is 13.2 Å². The Hall–Kier alpha value is -8.36. The molecule has 0 saturated heterocycles.